The number of aliphatic carboxylic acids is 1. The van der Waals surface area contributed by atoms with Gasteiger partial charge in [-0.25, -0.2) is 9.59 Å². The van der Waals surface area contributed by atoms with Gasteiger partial charge in [-0.1, -0.05) is 0 Å². The molecule has 2 heterocycles. The van der Waals surface area contributed by atoms with E-state index < -0.39 is 12.0 Å². The highest BCUT2D eigenvalue weighted by atomic mass is 32.2. The maximum Gasteiger partial charge on any atom is 0.326 e. The SMILES string of the molecule is O=C(O)C1CCCCN1C(=O)NCC1CCSC1. The van der Waals surface area contributed by atoms with Gasteiger partial charge in [0, 0.05) is 13.1 Å². The minimum Gasteiger partial charge on any atom is -0.480 e. The van der Waals surface area contributed by atoms with Crippen LogP contribution < -0.4 is 5.32 Å². The molecule has 0 radical (unpaired) electrons. The lowest BCUT2D eigenvalue weighted by atomic mass is 10.0. The molecular formula is C12H20N2O3S. The van der Waals surface area contributed by atoms with E-state index in [1.165, 1.54) is 10.7 Å². The lowest BCUT2D eigenvalue weighted by Gasteiger charge is -2.33. The van der Waals surface area contributed by atoms with Crippen LogP contribution in [0.15, 0.2) is 0 Å². The molecule has 2 unspecified atom stereocenters. The first-order chi connectivity index (χ1) is 8.68. The van der Waals surface area contributed by atoms with Crippen LogP contribution in [0.3, 0.4) is 0 Å². The fraction of sp³-hybridized carbons (Fsp3) is 0.833. The van der Waals surface area contributed by atoms with Gasteiger partial charge in [-0.2, -0.15) is 11.8 Å². The Kier molecular flexibility index (Phi) is 4.74. The summed E-state index contributed by atoms with van der Waals surface area (Å²) in [7, 11) is 0. The molecule has 2 aliphatic heterocycles. The third kappa shape index (κ3) is 3.31. The van der Waals surface area contributed by atoms with Crippen molar-refractivity contribution in [1.82, 2.24) is 10.2 Å². The molecule has 2 N–H and O–H groups in total. The summed E-state index contributed by atoms with van der Waals surface area (Å²) in [6.07, 6.45) is 3.51. The second kappa shape index (κ2) is 6.31. The number of rotatable bonds is 3. The van der Waals surface area contributed by atoms with E-state index in [2.05, 4.69) is 5.32 Å². The van der Waals surface area contributed by atoms with Crippen LogP contribution in [0, 0.1) is 5.92 Å². The molecule has 2 rings (SSSR count). The number of carboxylic acid groups (broad SMARTS) is 1. The standard InChI is InChI=1S/C12H20N2O3S/c15-11(16)10-3-1-2-5-14(10)12(17)13-7-9-4-6-18-8-9/h9-10H,1-8H2,(H,13,17)(H,15,16). The Labute approximate surface area is 111 Å². The van der Waals surface area contributed by atoms with Gasteiger partial charge in [-0.15, -0.1) is 0 Å². The highest BCUT2D eigenvalue weighted by Gasteiger charge is 2.32. The zero-order valence-electron chi connectivity index (χ0n) is 10.4. The van der Waals surface area contributed by atoms with Gasteiger partial charge in [0.1, 0.15) is 6.04 Å². The van der Waals surface area contributed by atoms with Gasteiger partial charge in [0.2, 0.25) is 0 Å². The molecule has 6 heteroatoms. The van der Waals surface area contributed by atoms with Gasteiger partial charge >= 0.3 is 12.0 Å². The van der Waals surface area contributed by atoms with E-state index in [0.717, 1.165) is 25.0 Å². The summed E-state index contributed by atoms with van der Waals surface area (Å²) in [6.45, 7) is 1.23. The summed E-state index contributed by atoms with van der Waals surface area (Å²) in [6, 6.07) is -0.851. The van der Waals surface area contributed by atoms with Gasteiger partial charge in [-0.05, 0) is 43.1 Å². The first-order valence-corrected chi connectivity index (χ1v) is 7.69. The quantitative estimate of drug-likeness (QED) is 0.814. The van der Waals surface area contributed by atoms with E-state index in [0.29, 0.717) is 25.4 Å². The Morgan fingerprint density at radius 2 is 2.17 bits per heavy atom. The van der Waals surface area contributed by atoms with E-state index >= 15 is 0 Å². The number of carboxylic acids is 1. The van der Waals surface area contributed by atoms with E-state index in [1.807, 2.05) is 11.8 Å². The third-order valence-electron chi connectivity index (χ3n) is 3.61. The number of urea groups is 1. The first kappa shape index (κ1) is 13.5. The van der Waals surface area contributed by atoms with Crippen molar-refractivity contribution in [3.63, 3.8) is 0 Å². The molecule has 0 bridgehead atoms. The van der Waals surface area contributed by atoms with Crippen molar-refractivity contribution in [3.8, 4) is 0 Å². The normalized spacial score (nSPS) is 28.1. The average Bonchev–Trinajstić information content (AvgIpc) is 2.89. The maximum absolute atomic E-state index is 12.0. The van der Waals surface area contributed by atoms with Crippen LogP contribution in [0.2, 0.25) is 0 Å². The van der Waals surface area contributed by atoms with Crippen LogP contribution in [0.25, 0.3) is 0 Å². The molecule has 0 aromatic rings. The summed E-state index contributed by atoms with van der Waals surface area (Å²) in [4.78, 5) is 24.6. The lowest BCUT2D eigenvalue weighted by molar-refractivity contribution is -0.143. The van der Waals surface area contributed by atoms with Crippen LogP contribution in [0.1, 0.15) is 25.7 Å². The minimum atomic E-state index is -0.888. The number of likely N-dealkylation sites (tertiary alicyclic amines) is 1. The molecule has 0 aromatic heterocycles. The maximum atomic E-state index is 12.0. The van der Waals surface area contributed by atoms with Crippen molar-refractivity contribution >= 4 is 23.8 Å². The molecule has 0 aliphatic carbocycles. The summed E-state index contributed by atoms with van der Waals surface area (Å²) < 4.78 is 0. The van der Waals surface area contributed by atoms with Crippen LogP contribution in [0.5, 0.6) is 0 Å². The second-order valence-corrected chi connectivity index (χ2v) is 6.11. The van der Waals surface area contributed by atoms with Crippen LogP contribution in [0.4, 0.5) is 4.79 Å². The molecule has 2 amide bonds. The number of hydrogen-bond acceptors (Lipinski definition) is 3. The van der Waals surface area contributed by atoms with Gasteiger partial charge in [0.25, 0.3) is 0 Å². The van der Waals surface area contributed by atoms with Crippen molar-refractivity contribution in [2.45, 2.75) is 31.7 Å². The highest BCUT2D eigenvalue weighted by Crippen LogP contribution is 2.23. The molecule has 0 spiro atoms. The predicted octanol–water partition coefficient (Wildman–Crippen LogP) is 1.39. The number of hydrogen-bond donors (Lipinski definition) is 2. The molecule has 0 aromatic carbocycles. The van der Waals surface area contributed by atoms with E-state index in [4.69, 9.17) is 5.11 Å². The fourth-order valence-electron chi connectivity index (χ4n) is 2.51. The Balaban J connectivity index is 1.83. The number of nitrogens with zero attached hydrogens (tertiary/aromatic N) is 1. The van der Waals surface area contributed by atoms with Gasteiger partial charge in [-0.3, -0.25) is 0 Å². The third-order valence-corrected chi connectivity index (χ3v) is 4.85. The van der Waals surface area contributed by atoms with E-state index in [9.17, 15) is 9.59 Å². The van der Waals surface area contributed by atoms with Crippen molar-refractivity contribution in [1.29, 1.82) is 0 Å². The topological polar surface area (TPSA) is 69.6 Å². The Hall–Kier alpha value is -0.910. The van der Waals surface area contributed by atoms with Crippen molar-refractivity contribution < 1.29 is 14.7 Å². The first-order valence-electron chi connectivity index (χ1n) is 6.53. The summed E-state index contributed by atoms with van der Waals surface area (Å²) in [5.41, 5.74) is 0. The number of amides is 2. The average molecular weight is 272 g/mol. The number of piperidine rings is 1. The van der Waals surface area contributed by atoms with E-state index in [-0.39, 0.29) is 6.03 Å². The molecule has 18 heavy (non-hydrogen) atoms. The lowest BCUT2D eigenvalue weighted by Crippen LogP contribution is -2.52. The minimum absolute atomic E-state index is 0.209. The fourth-order valence-corrected chi connectivity index (χ4v) is 3.79. The summed E-state index contributed by atoms with van der Waals surface area (Å²) >= 11 is 1.92. The van der Waals surface area contributed by atoms with E-state index in [1.54, 1.807) is 0 Å². The number of thioether (sulfide) groups is 1. The van der Waals surface area contributed by atoms with Crippen molar-refractivity contribution in [3.05, 3.63) is 0 Å². The monoisotopic (exact) mass is 272 g/mol. The Morgan fingerprint density at radius 1 is 1.33 bits per heavy atom. The van der Waals surface area contributed by atoms with Gasteiger partial charge in [0.05, 0.1) is 0 Å². The van der Waals surface area contributed by atoms with Crippen LogP contribution in [-0.2, 0) is 4.79 Å². The van der Waals surface area contributed by atoms with Crippen molar-refractivity contribution in [2.75, 3.05) is 24.6 Å². The zero-order chi connectivity index (χ0) is 13.0. The molecule has 2 atom stereocenters. The van der Waals surface area contributed by atoms with Gasteiger partial charge < -0.3 is 15.3 Å². The molecule has 0 saturated carbocycles. The highest BCUT2D eigenvalue weighted by molar-refractivity contribution is 7.99. The Bertz CT molecular complexity index is 318. The van der Waals surface area contributed by atoms with Crippen LogP contribution in [-0.4, -0.2) is 52.6 Å². The summed E-state index contributed by atoms with van der Waals surface area (Å²) in [5.74, 6) is 1.93. The number of carbonyl (C=O) groups is 2. The molecule has 2 saturated heterocycles. The molecule has 2 aliphatic rings. The second-order valence-electron chi connectivity index (χ2n) is 4.96. The smallest absolute Gasteiger partial charge is 0.326 e. The van der Waals surface area contributed by atoms with Gasteiger partial charge in [0.15, 0.2) is 0 Å². The van der Waals surface area contributed by atoms with Crippen LogP contribution >= 0.6 is 11.8 Å². The predicted molar refractivity (Wildman–Crippen MR) is 70.8 cm³/mol. The number of carbonyl (C=O) groups excluding carboxylic acids is 1. The van der Waals surface area contributed by atoms with Crippen molar-refractivity contribution in [2.24, 2.45) is 5.92 Å². The largest absolute Gasteiger partial charge is 0.480 e. The zero-order valence-corrected chi connectivity index (χ0v) is 11.2. The molecule has 5 nitrogen and oxygen atoms in total. The molecule has 102 valence electrons. The molecule has 2 fully saturated rings. The Morgan fingerprint density at radius 3 is 2.83 bits per heavy atom. The molecular weight excluding hydrogens is 252 g/mol. The number of nitrogens with one attached hydrogen (secondary N) is 1. The summed E-state index contributed by atoms with van der Waals surface area (Å²) in [5, 5.41) is 12.0.